The van der Waals surface area contributed by atoms with E-state index >= 15 is 0 Å². The van der Waals surface area contributed by atoms with Gasteiger partial charge in [-0.3, -0.25) is 0 Å². The molecule has 1 saturated heterocycles. The average molecular weight is 241 g/mol. The van der Waals surface area contributed by atoms with Crippen molar-refractivity contribution in [3.63, 3.8) is 0 Å². The molecule has 0 bridgehead atoms. The van der Waals surface area contributed by atoms with Crippen LogP contribution in [0.2, 0.25) is 0 Å². The number of hydrogen-bond donors (Lipinski definition) is 1. The molecule has 2 atom stereocenters. The molecule has 0 spiro atoms. The van der Waals surface area contributed by atoms with Crippen molar-refractivity contribution >= 4 is 0 Å². The fourth-order valence-electron chi connectivity index (χ4n) is 2.31. The maximum atomic E-state index is 13.9. The molecule has 4 heteroatoms. The highest BCUT2D eigenvalue weighted by Crippen LogP contribution is 2.29. The first-order valence-corrected chi connectivity index (χ1v) is 5.88. The number of halogens is 2. The Morgan fingerprint density at radius 1 is 1.35 bits per heavy atom. The third-order valence-corrected chi connectivity index (χ3v) is 3.29. The van der Waals surface area contributed by atoms with Crippen LogP contribution in [0.15, 0.2) is 12.1 Å². The molecule has 2 nitrogen and oxygen atoms in total. The standard InChI is InChI=1S/C13H17F2NO/c1-8-5-6-9(12(15)11(8)14)13(16-2)10-4-3-7-17-10/h5-6,10,13,16H,3-4,7H2,1-2H3. The summed E-state index contributed by atoms with van der Waals surface area (Å²) < 4.78 is 32.9. The molecule has 94 valence electrons. The predicted octanol–water partition coefficient (Wildman–Crippen LogP) is 2.71. The molecule has 0 amide bonds. The summed E-state index contributed by atoms with van der Waals surface area (Å²) in [6.45, 7) is 2.25. The van der Waals surface area contributed by atoms with Crippen LogP contribution in [0, 0.1) is 18.6 Å². The summed E-state index contributed by atoms with van der Waals surface area (Å²) >= 11 is 0. The second-order valence-electron chi connectivity index (χ2n) is 4.42. The van der Waals surface area contributed by atoms with Crippen molar-refractivity contribution in [2.24, 2.45) is 0 Å². The maximum Gasteiger partial charge on any atom is 0.163 e. The Morgan fingerprint density at radius 2 is 2.12 bits per heavy atom. The van der Waals surface area contributed by atoms with Gasteiger partial charge in [-0.1, -0.05) is 12.1 Å². The third-order valence-electron chi connectivity index (χ3n) is 3.29. The van der Waals surface area contributed by atoms with E-state index in [0.29, 0.717) is 17.7 Å². The highest BCUT2D eigenvalue weighted by Gasteiger charge is 2.29. The summed E-state index contributed by atoms with van der Waals surface area (Å²) in [5, 5.41) is 3.02. The van der Waals surface area contributed by atoms with Gasteiger partial charge >= 0.3 is 0 Å². The molecule has 1 N–H and O–H groups in total. The normalized spacial score (nSPS) is 21.8. The van der Waals surface area contributed by atoms with Crippen molar-refractivity contribution in [1.82, 2.24) is 5.32 Å². The van der Waals surface area contributed by atoms with E-state index in [-0.39, 0.29) is 12.1 Å². The van der Waals surface area contributed by atoms with E-state index in [1.54, 1.807) is 26.1 Å². The zero-order valence-electron chi connectivity index (χ0n) is 10.1. The van der Waals surface area contributed by atoms with Gasteiger partial charge in [-0.2, -0.15) is 0 Å². The van der Waals surface area contributed by atoms with Gasteiger partial charge in [0.05, 0.1) is 12.1 Å². The Hall–Kier alpha value is -1.00. The molecule has 1 heterocycles. The zero-order valence-corrected chi connectivity index (χ0v) is 10.1. The summed E-state index contributed by atoms with van der Waals surface area (Å²) in [6, 6.07) is 2.96. The lowest BCUT2D eigenvalue weighted by Crippen LogP contribution is -2.30. The van der Waals surface area contributed by atoms with Crippen molar-refractivity contribution in [2.75, 3.05) is 13.7 Å². The average Bonchev–Trinajstić information content (AvgIpc) is 2.84. The molecule has 2 unspecified atom stereocenters. The SMILES string of the molecule is CNC(c1ccc(C)c(F)c1F)C1CCCO1. The van der Waals surface area contributed by atoms with Crippen LogP contribution in [0.4, 0.5) is 8.78 Å². The number of nitrogens with one attached hydrogen (secondary N) is 1. The molecular formula is C13H17F2NO. The van der Waals surface area contributed by atoms with Crippen molar-refractivity contribution in [1.29, 1.82) is 0 Å². The Kier molecular flexibility index (Phi) is 3.74. The molecule has 2 rings (SSSR count). The molecule has 17 heavy (non-hydrogen) atoms. The minimum atomic E-state index is -0.764. The van der Waals surface area contributed by atoms with Crippen LogP contribution in [0.1, 0.15) is 30.0 Å². The van der Waals surface area contributed by atoms with E-state index in [1.165, 1.54) is 0 Å². The lowest BCUT2D eigenvalue weighted by molar-refractivity contribution is 0.0794. The number of ether oxygens (including phenoxy) is 1. The van der Waals surface area contributed by atoms with Crippen LogP contribution >= 0.6 is 0 Å². The van der Waals surface area contributed by atoms with E-state index in [4.69, 9.17) is 4.74 Å². The highest BCUT2D eigenvalue weighted by molar-refractivity contribution is 5.28. The van der Waals surface area contributed by atoms with E-state index in [1.807, 2.05) is 0 Å². The Labute approximate surface area is 100.0 Å². The van der Waals surface area contributed by atoms with Gasteiger partial charge in [0, 0.05) is 12.2 Å². The van der Waals surface area contributed by atoms with Crippen LogP contribution in [0.25, 0.3) is 0 Å². The number of hydrogen-bond acceptors (Lipinski definition) is 2. The summed E-state index contributed by atoms with van der Waals surface area (Å²) in [6.07, 6.45) is 1.77. The first-order valence-electron chi connectivity index (χ1n) is 5.88. The topological polar surface area (TPSA) is 21.3 Å². The number of aryl methyl sites for hydroxylation is 1. The molecule has 0 aliphatic carbocycles. The van der Waals surface area contributed by atoms with Gasteiger partial charge in [0.1, 0.15) is 0 Å². The van der Waals surface area contributed by atoms with Crippen molar-refractivity contribution in [3.8, 4) is 0 Å². The van der Waals surface area contributed by atoms with E-state index < -0.39 is 11.6 Å². The second kappa shape index (κ2) is 5.10. The zero-order chi connectivity index (χ0) is 12.4. The molecule has 1 fully saturated rings. The lowest BCUT2D eigenvalue weighted by Gasteiger charge is -2.23. The molecule has 1 aromatic rings. The number of likely N-dealkylation sites (N-methyl/N-ethyl adjacent to an activating group) is 1. The highest BCUT2D eigenvalue weighted by atomic mass is 19.2. The monoisotopic (exact) mass is 241 g/mol. The van der Waals surface area contributed by atoms with Gasteiger partial charge in [-0.05, 0) is 32.4 Å². The van der Waals surface area contributed by atoms with Crippen molar-refractivity contribution in [3.05, 3.63) is 34.9 Å². The summed E-state index contributed by atoms with van der Waals surface area (Å²) in [5.74, 6) is -1.53. The molecule has 1 aromatic carbocycles. The first kappa shape index (κ1) is 12.5. The van der Waals surface area contributed by atoms with Gasteiger partial charge in [0.15, 0.2) is 11.6 Å². The van der Waals surface area contributed by atoms with Crippen LogP contribution in [0.3, 0.4) is 0 Å². The summed E-state index contributed by atoms with van der Waals surface area (Å²) in [4.78, 5) is 0. The van der Waals surface area contributed by atoms with Crippen LogP contribution in [0.5, 0.6) is 0 Å². The van der Waals surface area contributed by atoms with Crippen LogP contribution in [-0.2, 0) is 4.74 Å². The van der Waals surface area contributed by atoms with Gasteiger partial charge < -0.3 is 10.1 Å². The van der Waals surface area contributed by atoms with Crippen molar-refractivity contribution in [2.45, 2.75) is 31.9 Å². The molecule has 1 aliphatic rings. The molecular weight excluding hydrogens is 224 g/mol. The molecule has 0 radical (unpaired) electrons. The third kappa shape index (κ3) is 2.33. The van der Waals surface area contributed by atoms with Gasteiger partial charge in [-0.15, -0.1) is 0 Å². The Bertz CT molecular complexity index is 403. The van der Waals surface area contributed by atoms with E-state index in [2.05, 4.69) is 5.32 Å². The van der Waals surface area contributed by atoms with Gasteiger partial charge in [0.2, 0.25) is 0 Å². The molecule has 0 aromatic heterocycles. The Balaban J connectivity index is 2.33. The van der Waals surface area contributed by atoms with Crippen LogP contribution in [-0.4, -0.2) is 19.8 Å². The Morgan fingerprint density at radius 3 is 2.71 bits per heavy atom. The van der Waals surface area contributed by atoms with Crippen LogP contribution < -0.4 is 5.32 Å². The van der Waals surface area contributed by atoms with E-state index in [9.17, 15) is 8.78 Å². The first-order chi connectivity index (χ1) is 8.15. The lowest BCUT2D eigenvalue weighted by atomic mass is 9.97. The fourth-order valence-corrected chi connectivity index (χ4v) is 2.31. The number of benzene rings is 1. The fraction of sp³-hybridized carbons (Fsp3) is 0.538. The minimum absolute atomic E-state index is 0.0726. The van der Waals surface area contributed by atoms with E-state index in [0.717, 1.165) is 12.8 Å². The number of rotatable bonds is 3. The quantitative estimate of drug-likeness (QED) is 0.878. The molecule has 0 saturated carbocycles. The van der Waals surface area contributed by atoms with Gasteiger partial charge in [-0.25, -0.2) is 8.78 Å². The molecule has 1 aliphatic heterocycles. The predicted molar refractivity (Wildman–Crippen MR) is 61.9 cm³/mol. The largest absolute Gasteiger partial charge is 0.376 e. The maximum absolute atomic E-state index is 13.9. The summed E-state index contributed by atoms with van der Waals surface area (Å²) in [7, 11) is 1.74. The second-order valence-corrected chi connectivity index (χ2v) is 4.42. The minimum Gasteiger partial charge on any atom is -0.376 e. The summed E-state index contributed by atoms with van der Waals surface area (Å²) in [5.41, 5.74) is 0.677. The van der Waals surface area contributed by atoms with Gasteiger partial charge in [0.25, 0.3) is 0 Å². The smallest absolute Gasteiger partial charge is 0.163 e. The van der Waals surface area contributed by atoms with Crippen molar-refractivity contribution < 1.29 is 13.5 Å².